The number of anilines is 1. The molecule has 4 heteroatoms. The van der Waals surface area contributed by atoms with Crippen molar-refractivity contribution in [3.63, 3.8) is 0 Å². The molecule has 2 N–H and O–H groups in total. The molecule has 4 nitrogen and oxygen atoms in total. The van der Waals surface area contributed by atoms with Crippen LogP contribution in [0.2, 0.25) is 0 Å². The van der Waals surface area contributed by atoms with Gasteiger partial charge in [-0.25, -0.2) is 4.99 Å². The lowest BCUT2D eigenvalue weighted by molar-refractivity contribution is 0.313. The van der Waals surface area contributed by atoms with Gasteiger partial charge in [-0.2, -0.15) is 0 Å². The quantitative estimate of drug-likeness (QED) is 0.795. The van der Waals surface area contributed by atoms with Crippen molar-refractivity contribution in [1.82, 2.24) is 0 Å². The second kappa shape index (κ2) is 3.70. The van der Waals surface area contributed by atoms with Crippen LogP contribution in [-0.2, 0) is 11.2 Å². The van der Waals surface area contributed by atoms with E-state index in [1.165, 1.54) is 11.3 Å². The zero-order valence-corrected chi connectivity index (χ0v) is 9.10. The van der Waals surface area contributed by atoms with Gasteiger partial charge in [0.25, 0.3) is 6.02 Å². The molecule has 0 fully saturated rings. The molecule has 0 amide bonds. The fourth-order valence-corrected chi connectivity index (χ4v) is 2.38. The van der Waals surface area contributed by atoms with E-state index in [1.807, 2.05) is 0 Å². The fraction of sp³-hybridized carbons (Fsp3) is 0.417. The summed E-state index contributed by atoms with van der Waals surface area (Å²) in [7, 11) is 0. The topological polar surface area (TPSA) is 50.8 Å². The van der Waals surface area contributed by atoms with Gasteiger partial charge in [0.1, 0.15) is 12.6 Å². The van der Waals surface area contributed by atoms with Gasteiger partial charge in [-0.1, -0.05) is 18.2 Å². The zero-order chi connectivity index (χ0) is 11.0. The van der Waals surface area contributed by atoms with E-state index in [-0.39, 0.29) is 6.04 Å². The van der Waals surface area contributed by atoms with E-state index in [4.69, 9.17) is 10.5 Å². The first-order valence-electron chi connectivity index (χ1n) is 5.62. The molecule has 1 unspecified atom stereocenters. The highest BCUT2D eigenvalue weighted by molar-refractivity contribution is 5.73. The largest absolute Gasteiger partial charge is 0.463 e. The third kappa shape index (κ3) is 1.60. The molecule has 1 aromatic carbocycles. The number of amidine groups is 1. The van der Waals surface area contributed by atoms with Crippen molar-refractivity contribution in [2.24, 2.45) is 10.7 Å². The number of nitrogens with two attached hydrogens (primary N) is 1. The van der Waals surface area contributed by atoms with Crippen LogP contribution in [0, 0.1) is 0 Å². The van der Waals surface area contributed by atoms with E-state index in [0.717, 1.165) is 19.5 Å². The summed E-state index contributed by atoms with van der Waals surface area (Å²) < 4.78 is 5.16. The Morgan fingerprint density at radius 1 is 1.44 bits per heavy atom. The van der Waals surface area contributed by atoms with E-state index in [2.05, 4.69) is 34.2 Å². The highest BCUT2D eigenvalue weighted by atomic mass is 16.5. The van der Waals surface area contributed by atoms with Crippen LogP contribution in [0.3, 0.4) is 0 Å². The third-order valence-electron chi connectivity index (χ3n) is 3.15. The average Bonchev–Trinajstić information content (AvgIpc) is 2.87. The molecule has 2 aliphatic heterocycles. The fourth-order valence-electron chi connectivity index (χ4n) is 2.38. The lowest BCUT2D eigenvalue weighted by Crippen LogP contribution is -2.30. The molecule has 0 aliphatic carbocycles. The summed E-state index contributed by atoms with van der Waals surface area (Å²) in [5.74, 6) is 0. The van der Waals surface area contributed by atoms with Crippen LogP contribution in [0.15, 0.2) is 29.3 Å². The molecule has 0 spiro atoms. The third-order valence-corrected chi connectivity index (χ3v) is 3.15. The molecule has 84 valence electrons. The summed E-state index contributed by atoms with van der Waals surface area (Å²) in [5, 5.41) is 0. The highest BCUT2D eigenvalue weighted by Gasteiger charge is 2.24. The van der Waals surface area contributed by atoms with Crippen molar-refractivity contribution in [2.45, 2.75) is 12.5 Å². The average molecular weight is 217 g/mol. The van der Waals surface area contributed by atoms with Crippen molar-refractivity contribution in [1.29, 1.82) is 0 Å². The van der Waals surface area contributed by atoms with Crippen LogP contribution in [0.5, 0.6) is 0 Å². The second-order valence-electron chi connectivity index (χ2n) is 4.26. The lowest BCUT2D eigenvalue weighted by atomic mass is 10.2. The first-order chi connectivity index (χ1) is 7.83. The maximum absolute atomic E-state index is 5.50. The minimum Gasteiger partial charge on any atom is -0.463 e. The van der Waals surface area contributed by atoms with E-state index < -0.39 is 0 Å². The van der Waals surface area contributed by atoms with Gasteiger partial charge in [0, 0.05) is 18.8 Å². The Morgan fingerprint density at radius 3 is 3.12 bits per heavy atom. The molecule has 0 bridgehead atoms. The molecule has 0 saturated carbocycles. The normalized spacial score (nSPS) is 22.9. The molecule has 3 rings (SSSR count). The first-order valence-corrected chi connectivity index (χ1v) is 5.62. The van der Waals surface area contributed by atoms with Crippen LogP contribution in [-0.4, -0.2) is 31.8 Å². The minimum atomic E-state index is 0.186. The number of para-hydroxylation sites is 1. The Hall–Kier alpha value is -1.71. The first kappa shape index (κ1) is 9.51. The van der Waals surface area contributed by atoms with Crippen molar-refractivity contribution in [3.8, 4) is 0 Å². The van der Waals surface area contributed by atoms with Gasteiger partial charge in [-0.05, 0) is 18.1 Å². The van der Waals surface area contributed by atoms with Gasteiger partial charge < -0.3 is 15.4 Å². The second-order valence-corrected chi connectivity index (χ2v) is 4.26. The van der Waals surface area contributed by atoms with Crippen LogP contribution in [0.25, 0.3) is 0 Å². The number of nitrogens with zero attached hydrogens (tertiary/aromatic N) is 2. The summed E-state index contributed by atoms with van der Waals surface area (Å²) in [6, 6.07) is 9.06. The Kier molecular flexibility index (Phi) is 2.20. The molecule has 16 heavy (non-hydrogen) atoms. The van der Waals surface area contributed by atoms with Gasteiger partial charge in [0.2, 0.25) is 0 Å². The molecule has 0 aromatic heterocycles. The summed E-state index contributed by atoms with van der Waals surface area (Å²) in [5.41, 5.74) is 8.27. The summed E-state index contributed by atoms with van der Waals surface area (Å²) in [4.78, 5) is 6.62. The maximum atomic E-state index is 5.50. The summed E-state index contributed by atoms with van der Waals surface area (Å²) in [6.07, 6.45) is 1.13. The van der Waals surface area contributed by atoms with Crippen LogP contribution >= 0.6 is 0 Å². The SMILES string of the molecule is NC1=NC(CN2CCc3ccccc32)CO1. The van der Waals surface area contributed by atoms with E-state index >= 15 is 0 Å². The van der Waals surface area contributed by atoms with Gasteiger partial charge in [0.15, 0.2) is 0 Å². The number of ether oxygens (including phenoxy) is 1. The Morgan fingerprint density at radius 2 is 2.31 bits per heavy atom. The molecular weight excluding hydrogens is 202 g/mol. The van der Waals surface area contributed by atoms with E-state index in [1.54, 1.807) is 0 Å². The van der Waals surface area contributed by atoms with Crippen molar-refractivity contribution < 1.29 is 4.74 Å². The molecule has 1 atom stereocenters. The Balaban J connectivity index is 1.74. The number of rotatable bonds is 2. The Labute approximate surface area is 94.7 Å². The molecule has 2 heterocycles. The van der Waals surface area contributed by atoms with Crippen molar-refractivity contribution >= 4 is 11.7 Å². The maximum Gasteiger partial charge on any atom is 0.282 e. The zero-order valence-electron chi connectivity index (χ0n) is 9.10. The molecule has 1 aromatic rings. The van der Waals surface area contributed by atoms with Crippen molar-refractivity contribution in [3.05, 3.63) is 29.8 Å². The van der Waals surface area contributed by atoms with Gasteiger partial charge in [-0.15, -0.1) is 0 Å². The standard InChI is InChI=1S/C12H15N3O/c13-12-14-10(8-16-12)7-15-6-5-9-3-1-2-4-11(9)15/h1-4,10H,5-8H2,(H2,13,14). The Bertz CT molecular complexity index is 430. The lowest BCUT2D eigenvalue weighted by Gasteiger charge is -2.20. The molecule has 2 aliphatic rings. The number of aliphatic imine (C=N–C) groups is 1. The highest BCUT2D eigenvalue weighted by Crippen LogP contribution is 2.27. The van der Waals surface area contributed by atoms with Gasteiger partial charge in [0.05, 0.1) is 0 Å². The van der Waals surface area contributed by atoms with Gasteiger partial charge in [-0.3, -0.25) is 0 Å². The predicted molar refractivity (Wildman–Crippen MR) is 63.7 cm³/mol. The molecular formula is C12H15N3O. The van der Waals surface area contributed by atoms with Gasteiger partial charge >= 0.3 is 0 Å². The van der Waals surface area contributed by atoms with Crippen LogP contribution in [0.1, 0.15) is 5.56 Å². The minimum absolute atomic E-state index is 0.186. The van der Waals surface area contributed by atoms with Crippen LogP contribution < -0.4 is 10.6 Å². The number of hydrogen-bond acceptors (Lipinski definition) is 4. The molecule has 0 radical (unpaired) electrons. The molecule has 0 saturated heterocycles. The van der Waals surface area contributed by atoms with E-state index in [9.17, 15) is 0 Å². The van der Waals surface area contributed by atoms with Crippen LogP contribution in [0.4, 0.5) is 5.69 Å². The van der Waals surface area contributed by atoms with Crippen molar-refractivity contribution in [2.75, 3.05) is 24.6 Å². The number of benzene rings is 1. The monoisotopic (exact) mass is 217 g/mol. The summed E-state index contributed by atoms with van der Waals surface area (Å²) in [6.45, 7) is 2.59. The summed E-state index contributed by atoms with van der Waals surface area (Å²) >= 11 is 0. The predicted octanol–water partition coefficient (Wildman–Crippen LogP) is 0.763. The smallest absolute Gasteiger partial charge is 0.282 e. The number of hydrogen-bond donors (Lipinski definition) is 1. The number of fused-ring (bicyclic) bond motifs is 1. The van der Waals surface area contributed by atoms with E-state index in [0.29, 0.717) is 12.6 Å².